The van der Waals surface area contributed by atoms with Crippen molar-refractivity contribution in [3.05, 3.63) is 50.7 Å². The van der Waals surface area contributed by atoms with Crippen molar-refractivity contribution in [2.45, 2.75) is 4.90 Å². The summed E-state index contributed by atoms with van der Waals surface area (Å²) in [7, 11) is -3.99. The fourth-order valence-corrected chi connectivity index (χ4v) is 4.32. The molecule has 0 amide bonds. The molecule has 0 aliphatic heterocycles. The first-order chi connectivity index (χ1) is 9.70. The Morgan fingerprint density at radius 1 is 1.14 bits per heavy atom. The molecule has 0 atom stereocenters. The van der Waals surface area contributed by atoms with Gasteiger partial charge in [-0.3, -0.25) is 4.72 Å². The molecule has 21 heavy (non-hydrogen) atoms. The molecule has 9 heteroatoms. The number of hydrogen-bond donors (Lipinski definition) is 2. The number of rotatable bonds is 3. The van der Waals surface area contributed by atoms with Gasteiger partial charge in [-0.15, -0.1) is 0 Å². The van der Waals surface area contributed by atoms with Crippen molar-refractivity contribution in [3.63, 3.8) is 0 Å². The van der Waals surface area contributed by atoms with E-state index in [4.69, 9.17) is 28.9 Å². The summed E-state index contributed by atoms with van der Waals surface area (Å²) in [6, 6.07) is 6.23. The van der Waals surface area contributed by atoms with Gasteiger partial charge in [0.15, 0.2) is 0 Å². The van der Waals surface area contributed by atoms with E-state index >= 15 is 0 Å². The van der Waals surface area contributed by atoms with Gasteiger partial charge in [-0.2, -0.15) is 0 Å². The highest BCUT2D eigenvalue weighted by atomic mass is 79.9. The van der Waals surface area contributed by atoms with Crippen LogP contribution in [0.3, 0.4) is 0 Å². The van der Waals surface area contributed by atoms with Crippen LogP contribution in [-0.4, -0.2) is 8.42 Å². The van der Waals surface area contributed by atoms with E-state index in [1.165, 1.54) is 12.1 Å². The van der Waals surface area contributed by atoms with Crippen LogP contribution in [0.2, 0.25) is 10.0 Å². The molecule has 0 aliphatic rings. The quantitative estimate of drug-likeness (QED) is 0.737. The van der Waals surface area contributed by atoms with Gasteiger partial charge in [0.05, 0.1) is 15.7 Å². The van der Waals surface area contributed by atoms with E-state index in [1.807, 2.05) is 0 Å². The minimum absolute atomic E-state index is 0.0843. The molecule has 0 saturated heterocycles. The van der Waals surface area contributed by atoms with E-state index in [1.54, 1.807) is 6.07 Å². The van der Waals surface area contributed by atoms with E-state index in [9.17, 15) is 12.8 Å². The van der Waals surface area contributed by atoms with Crippen LogP contribution < -0.4 is 10.5 Å². The smallest absolute Gasteiger partial charge is 0.263 e. The van der Waals surface area contributed by atoms with E-state index in [0.29, 0.717) is 4.47 Å². The van der Waals surface area contributed by atoms with E-state index in [0.717, 1.165) is 12.1 Å². The average molecular weight is 414 g/mol. The number of nitrogen functional groups attached to an aromatic ring is 1. The largest absolute Gasteiger partial charge is 0.399 e. The average Bonchev–Trinajstić information content (AvgIpc) is 2.36. The molecule has 0 spiro atoms. The Labute approximate surface area is 139 Å². The van der Waals surface area contributed by atoms with Crippen molar-refractivity contribution in [1.82, 2.24) is 0 Å². The summed E-state index contributed by atoms with van der Waals surface area (Å²) in [5.74, 6) is -0.668. The fraction of sp³-hybridized carbons (Fsp3) is 0. The maximum absolute atomic E-state index is 13.1. The number of halogens is 4. The number of hydrogen-bond acceptors (Lipinski definition) is 3. The van der Waals surface area contributed by atoms with Gasteiger partial charge in [-0.1, -0.05) is 23.2 Å². The van der Waals surface area contributed by atoms with Crippen molar-refractivity contribution in [1.29, 1.82) is 0 Å². The molecule has 0 saturated carbocycles. The Balaban J connectivity index is 2.50. The van der Waals surface area contributed by atoms with Crippen molar-refractivity contribution in [2.24, 2.45) is 0 Å². The van der Waals surface area contributed by atoms with Crippen LogP contribution in [0.15, 0.2) is 39.7 Å². The van der Waals surface area contributed by atoms with Gasteiger partial charge in [0.1, 0.15) is 10.7 Å². The molecule has 0 unspecified atom stereocenters. The van der Waals surface area contributed by atoms with E-state index < -0.39 is 15.8 Å². The van der Waals surface area contributed by atoms with E-state index in [2.05, 4.69) is 20.7 Å². The van der Waals surface area contributed by atoms with Gasteiger partial charge in [0.25, 0.3) is 10.0 Å². The summed E-state index contributed by atoms with van der Waals surface area (Å²) >= 11 is 14.8. The highest BCUT2D eigenvalue weighted by Crippen LogP contribution is 2.34. The van der Waals surface area contributed by atoms with Crippen LogP contribution in [0.25, 0.3) is 0 Å². The third kappa shape index (κ3) is 3.60. The number of nitrogens with one attached hydrogen (secondary N) is 1. The first-order valence-electron chi connectivity index (χ1n) is 5.43. The Hall–Kier alpha value is -1.02. The lowest BCUT2D eigenvalue weighted by Crippen LogP contribution is -2.14. The second-order valence-corrected chi connectivity index (χ2v) is 7.36. The molecular formula is C12H8BrCl2FN2O2S. The van der Waals surface area contributed by atoms with Gasteiger partial charge in [-0.25, -0.2) is 12.8 Å². The van der Waals surface area contributed by atoms with Crippen LogP contribution in [0.1, 0.15) is 0 Å². The topological polar surface area (TPSA) is 72.2 Å². The fourth-order valence-electron chi connectivity index (χ4n) is 1.55. The lowest BCUT2D eigenvalue weighted by Gasteiger charge is -2.13. The Morgan fingerprint density at radius 2 is 1.71 bits per heavy atom. The molecular weight excluding hydrogens is 406 g/mol. The molecule has 0 heterocycles. The summed E-state index contributed by atoms with van der Waals surface area (Å²) in [6.45, 7) is 0. The van der Waals surface area contributed by atoms with Gasteiger partial charge >= 0.3 is 0 Å². The predicted octanol–water partition coefficient (Wildman–Crippen LogP) is 4.28. The van der Waals surface area contributed by atoms with Gasteiger partial charge < -0.3 is 5.73 Å². The van der Waals surface area contributed by atoms with Gasteiger partial charge in [-0.05, 0) is 46.3 Å². The summed E-state index contributed by atoms with van der Waals surface area (Å²) in [5, 5.41) is -0.299. The van der Waals surface area contributed by atoms with Crippen LogP contribution in [0.5, 0.6) is 0 Å². The molecule has 0 radical (unpaired) electrons. The molecule has 3 N–H and O–H groups in total. The molecule has 2 aromatic carbocycles. The minimum atomic E-state index is -3.99. The van der Waals surface area contributed by atoms with Crippen LogP contribution in [-0.2, 0) is 10.0 Å². The zero-order chi connectivity index (χ0) is 15.8. The maximum Gasteiger partial charge on any atom is 0.263 e. The Morgan fingerprint density at radius 3 is 2.29 bits per heavy atom. The lowest BCUT2D eigenvalue weighted by atomic mass is 10.3. The molecule has 2 aromatic rings. The van der Waals surface area contributed by atoms with Crippen LogP contribution in [0.4, 0.5) is 15.8 Å². The summed E-state index contributed by atoms with van der Waals surface area (Å²) in [4.78, 5) is -0.0843. The molecule has 112 valence electrons. The molecule has 0 bridgehead atoms. The summed E-state index contributed by atoms with van der Waals surface area (Å²) < 4.78 is 40.4. The molecule has 0 aliphatic carbocycles. The van der Waals surface area contributed by atoms with Crippen molar-refractivity contribution >= 4 is 60.5 Å². The first-order valence-corrected chi connectivity index (χ1v) is 8.46. The lowest BCUT2D eigenvalue weighted by molar-refractivity contribution is 0.600. The van der Waals surface area contributed by atoms with E-state index in [-0.39, 0.29) is 26.3 Å². The summed E-state index contributed by atoms with van der Waals surface area (Å²) in [5.41, 5.74) is 5.75. The second-order valence-electron chi connectivity index (χ2n) is 4.04. The standard InChI is InChI=1S/C12H8BrCl2FN2O2S/c13-8-2-1-7(17)5-11(8)21(19,20)18-12-9(14)3-6(16)4-10(12)15/h1-5,18H,17H2. The zero-order valence-electron chi connectivity index (χ0n) is 10.2. The third-order valence-electron chi connectivity index (χ3n) is 2.49. The van der Waals surface area contributed by atoms with Crippen LogP contribution in [0, 0.1) is 5.82 Å². The van der Waals surface area contributed by atoms with Crippen molar-refractivity contribution in [3.8, 4) is 0 Å². The van der Waals surface area contributed by atoms with Gasteiger partial charge in [0, 0.05) is 10.2 Å². The molecule has 0 aromatic heterocycles. The minimum Gasteiger partial charge on any atom is -0.399 e. The summed E-state index contributed by atoms with van der Waals surface area (Å²) in [6.07, 6.45) is 0. The maximum atomic E-state index is 13.1. The highest BCUT2D eigenvalue weighted by Gasteiger charge is 2.21. The third-order valence-corrected chi connectivity index (χ3v) is 5.43. The number of benzene rings is 2. The Bertz CT molecular complexity index is 792. The Kier molecular flexibility index (Phi) is 4.67. The predicted molar refractivity (Wildman–Crippen MR) is 85.8 cm³/mol. The van der Waals surface area contributed by atoms with Crippen molar-refractivity contribution < 1.29 is 12.8 Å². The normalized spacial score (nSPS) is 11.4. The number of anilines is 2. The molecule has 2 rings (SSSR count). The highest BCUT2D eigenvalue weighted by molar-refractivity contribution is 9.10. The zero-order valence-corrected chi connectivity index (χ0v) is 14.1. The van der Waals surface area contributed by atoms with Crippen LogP contribution >= 0.6 is 39.1 Å². The van der Waals surface area contributed by atoms with Crippen molar-refractivity contribution in [2.75, 3.05) is 10.5 Å². The second kappa shape index (κ2) is 6.00. The number of nitrogens with two attached hydrogens (primary N) is 1. The number of sulfonamides is 1. The molecule has 4 nitrogen and oxygen atoms in total. The first kappa shape index (κ1) is 16.4. The SMILES string of the molecule is Nc1ccc(Br)c(S(=O)(=O)Nc2c(Cl)cc(F)cc2Cl)c1. The molecule has 0 fully saturated rings. The van der Waals surface area contributed by atoms with Gasteiger partial charge in [0.2, 0.25) is 0 Å². The monoisotopic (exact) mass is 412 g/mol.